The number of rotatable bonds is 4. The van der Waals surface area contributed by atoms with E-state index in [1.165, 1.54) is 36.4 Å². The van der Waals surface area contributed by atoms with E-state index in [1.54, 1.807) is 0 Å². The number of aryl methyl sites for hydroxylation is 2. The molecule has 6 heteroatoms. The van der Waals surface area contributed by atoms with Crippen LogP contribution in [0.2, 0.25) is 0 Å². The standard InChI is InChI=1S/C19H26N4OS/c1-13-17(25-14(2)21-13)19(24)23-9-4-7-16(12-23)18-20-8-10-22(18)11-15-5-3-6-15/h8,10,15-16H,3-7,9,11-12H2,1-2H3/t16-/m1/s1. The third-order valence-corrected chi connectivity index (χ3v) is 6.66. The molecule has 1 atom stereocenters. The molecular formula is C19H26N4OS. The molecule has 2 aliphatic rings. The van der Waals surface area contributed by atoms with Crippen LogP contribution in [0.1, 0.15) is 64.2 Å². The van der Waals surface area contributed by atoms with Gasteiger partial charge in [-0.25, -0.2) is 9.97 Å². The molecule has 0 N–H and O–H groups in total. The maximum atomic E-state index is 12.9. The zero-order valence-corrected chi connectivity index (χ0v) is 15.9. The van der Waals surface area contributed by atoms with Crippen molar-refractivity contribution in [1.82, 2.24) is 19.4 Å². The van der Waals surface area contributed by atoms with E-state index >= 15 is 0 Å². The Morgan fingerprint density at radius 3 is 2.80 bits per heavy atom. The fourth-order valence-corrected chi connectivity index (χ4v) is 4.92. The number of piperidine rings is 1. The van der Waals surface area contributed by atoms with E-state index in [2.05, 4.69) is 20.7 Å². The summed E-state index contributed by atoms with van der Waals surface area (Å²) in [5.41, 5.74) is 0.862. The van der Waals surface area contributed by atoms with Gasteiger partial charge in [-0.15, -0.1) is 11.3 Å². The van der Waals surface area contributed by atoms with E-state index < -0.39 is 0 Å². The monoisotopic (exact) mass is 358 g/mol. The van der Waals surface area contributed by atoms with E-state index in [0.717, 1.165) is 54.0 Å². The molecule has 1 aliphatic heterocycles. The van der Waals surface area contributed by atoms with Gasteiger partial charge in [0, 0.05) is 37.9 Å². The van der Waals surface area contributed by atoms with E-state index in [9.17, 15) is 4.79 Å². The van der Waals surface area contributed by atoms with Crippen LogP contribution < -0.4 is 0 Å². The summed E-state index contributed by atoms with van der Waals surface area (Å²) in [4.78, 5) is 24.8. The lowest BCUT2D eigenvalue weighted by atomic mass is 9.85. The van der Waals surface area contributed by atoms with E-state index in [1.807, 2.05) is 24.9 Å². The summed E-state index contributed by atoms with van der Waals surface area (Å²) in [6, 6.07) is 0. The topological polar surface area (TPSA) is 51.0 Å². The van der Waals surface area contributed by atoms with Crippen LogP contribution in [0.5, 0.6) is 0 Å². The van der Waals surface area contributed by atoms with Gasteiger partial charge in [-0.05, 0) is 45.4 Å². The molecule has 0 radical (unpaired) electrons. The summed E-state index contributed by atoms with van der Waals surface area (Å²) < 4.78 is 2.34. The summed E-state index contributed by atoms with van der Waals surface area (Å²) in [7, 11) is 0. The van der Waals surface area contributed by atoms with Gasteiger partial charge in [-0.3, -0.25) is 4.79 Å². The second-order valence-electron chi connectivity index (χ2n) is 7.47. The highest BCUT2D eigenvalue weighted by atomic mass is 32.1. The number of hydrogen-bond acceptors (Lipinski definition) is 4. The molecule has 25 heavy (non-hydrogen) atoms. The molecule has 1 saturated carbocycles. The molecule has 1 aliphatic carbocycles. The lowest BCUT2D eigenvalue weighted by Gasteiger charge is -2.33. The van der Waals surface area contributed by atoms with Crippen LogP contribution in [-0.2, 0) is 6.54 Å². The van der Waals surface area contributed by atoms with Gasteiger partial charge >= 0.3 is 0 Å². The Hall–Kier alpha value is -1.69. The van der Waals surface area contributed by atoms with Gasteiger partial charge in [-0.1, -0.05) is 6.42 Å². The largest absolute Gasteiger partial charge is 0.337 e. The van der Waals surface area contributed by atoms with Gasteiger partial charge in [0.05, 0.1) is 10.7 Å². The smallest absolute Gasteiger partial charge is 0.265 e. The van der Waals surface area contributed by atoms with Gasteiger partial charge < -0.3 is 9.47 Å². The third kappa shape index (κ3) is 3.36. The van der Waals surface area contributed by atoms with Crippen molar-refractivity contribution < 1.29 is 4.79 Å². The molecule has 134 valence electrons. The molecule has 2 aromatic heterocycles. The Balaban J connectivity index is 1.48. The Kier molecular flexibility index (Phi) is 4.63. The fraction of sp³-hybridized carbons (Fsp3) is 0.632. The number of carbonyl (C=O) groups is 1. The average molecular weight is 359 g/mol. The first-order valence-electron chi connectivity index (χ1n) is 9.36. The molecule has 0 aromatic carbocycles. The van der Waals surface area contributed by atoms with Gasteiger partial charge in [0.2, 0.25) is 0 Å². The lowest BCUT2D eigenvalue weighted by Crippen LogP contribution is -2.39. The summed E-state index contributed by atoms with van der Waals surface area (Å²) in [6.45, 7) is 6.60. The predicted octanol–water partition coefficient (Wildman–Crippen LogP) is 3.78. The summed E-state index contributed by atoms with van der Waals surface area (Å²) in [5, 5.41) is 0.963. The van der Waals surface area contributed by atoms with Crippen molar-refractivity contribution in [3.63, 3.8) is 0 Å². The number of carbonyl (C=O) groups excluding carboxylic acids is 1. The number of likely N-dealkylation sites (tertiary alicyclic amines) is 1. The van der Waals surface area contributed by atoms with Crippen LogP contribution in [0.25, 0.3) is 0 Å². The first kappa shape index (κ1) is 16.8. The predicted molar refractivity (Wildman–Crippen MR) is 99.0 cm³/mol. The Morgan fingerprint density at radius 1 is 1.28 bits per heavy atom. The molecular weight excluding hydrogens is 332 g/mol. The highest BCUT2D eigenvalue weighted by molar-refractivity contribution is 7.13. The first-order chi connectivity index (χ1) is 12.1. The highest BCUT2D eigenvalue weighted by Gasteiger charge is 2.30. The van der Waals surface area contributed by atoms with Crippen LogP contribution in [0.15, 0.2) is 12.4 Å². The van der Waals surface area contributed by atoms with Crippen molar-refractivity contribution in [2.24, 2.45) is 5.92 Å². The van der Waals surface area contributed by atoms with Crippen molar-refractivity contribution in [2.75, 3.05) is 13.1 Å². The summed E-state index contributed by atoms with van der Waals surface area (Å²) in [6.07, 6.45) is 10.3. The first-order valence-corrected chi connectivity index (χ1v) is 10.2. The number of aromatic nitrogens is 3. The SMILES string of the molecule is Cc1nc(C)c(C(=O)N2CCC[C@@H](c3nccn3CC3CCC3)C2)s1. The number of nitrogens with zero attached hydrogens (tertiary/aromatic N) is 4. The van der Waals surface area contributed by atoms with Gasteiger partial charge in [0.1, 0.15) is 10.7 Å². The van der Waals surface area contributed by atoms with Gasteiger partial charge in [-0.2, -0.15) is 0 Å². The van der Waals surface area contributed by atoms with Crippen molar-refractivity contribution in [3.05, 3.63) is 33.8 Å². The van der Waals surface area contributed by atoms with Gasteiger partial charge in [0.25, 0.3) is 5.91 Å². The number of amides is 1. The van der Waals surface area contributed by atoms with Crippen LogP contribution >= 0.6 is 11.3 Å². The lowest BCUT2D eigenvalue weighted by molar-refractivity contribution is 0.0706. The molecule has 2 aromatic rings. The second-order valence-corrected chi connectivity index (χ2v) is 8.68. The maximum absolute atomic E-state index is 12.9. The normalized spacial score (nSPS) is 21.4. The van der Waals surface area contributed by atoms with Crippen LogP contribution in [0.3, 0.4) is 0 Å². The second kappa shape index (κ2) is 6.90. The van der Waals surface area contributed by atoms with E-state index in [-0.39, 0.29) is 5.91 Å². The fourth-order valence-electron chi connectivity index (χ4n) is 4.03. The number of imidazole rings is 1. The third-order valence-electron chi connectivity index (χ3n) is 5.60. The molecule has 3 heterocycles. The molecule has 5 nitrogen and oxygen atoms in total. The maximum Gasteiger partial charge on any atom is 0.265 e. The molecule has 0 unspecified atom stereocenters. The number of hydrogen-bond donors (Lipinski definition) is 0. The molecule has 0 spiro atoms. The van der Waals surface area contributed by atoms with Crippen LogP contribution in [-0.4, -0.2) is 38.4 Å². The Bertz CT molecular complexity index is 761. The quantitative estimate of drug-likeness (QED) is 0.836. The summed E-state index contributed by atoms with van der Waals surface area (Å²) >= 11 is 1.51. The zero-order valence-electron chi connectivity index (χ0n) is 15.1. The minimum atomic E-state index is 0.143. The van der Waals surface area contributed by atoms with E-state index in [4.69, 9.17) is 0 Å². The zero-order chi connectivity index (χ0) is 17.4. The molecule has 4 rings (SSSR count). The molecule has 1 amide bonds. The Labute approximate surface area is 153 Å². The molecule has 2 fully saturated rings. The van der Waals surface area contributed by atoms with Crippen molar-refractivity contribution in [1.29, 1.82) is 0 Å². The van der Waals surface area contributed by atoms with Crippen molar-refractivity contribution in [3.8, 4) is 0 Å². The van der Waals surface area contributed by atoms with Crippen molar-refractivity contribution >= 4 is 17.2 Å². The highest BCUT2D eigenvalue weighted by Crippen LogP contribution is 2.32. The van der Waals surface area contributed by atoms with Crippen LogP contribution in [0.4, 0.5) is 0 Å². The molecule has 1 saturated heterocycles. The van der Waals surface area contributed by atoms with Crippen molar-refractivity contribution in [2.45, 2.75) is 58.4 Å². The number of thiazole rings is 1. The summed E-state index contributed by atoms with van der Waals surface area (Å²) in [5.74, 6) is 2.48. The van der Waals surface area contributed by atoms with Crippen LogP contribution in [0, 0.1) is 19.8 Å². The van der Waals surface area contributed by atoms with Gasteiger partial charge in [0.15, 0.2) is 0 Å². The molecule has 0 bridgehead atoms. The Morgan fingerprint density at radius 2 is 2.12 bits per heavy atom. The minimum absolute atomic E-state index is 0.143. The van der Waals surface area contributed by atoms with E-state index in [0.29, 0.717) is 5.92 Å². The minimum Gasteiger partial charge on any atom is -0.337 e. The average Bonchev–Trinajstić information content (AvgIpc) is 3.16.